The average Bonchev–Trinajstić information content (AvgIpc) is 2.68. The molecule has 2 rings (SSSR count). The minimum atomic E-state index is 0.747. The fourth-order valence-corrected chi connectivity index (χ4v) is 2.46. The van der Waals surface area contributed by atoms with Crippen molar-refractivity contribution in [1.82, 2.24) is 19.7 Å². The highest BCUT2D eigenvalue weighted by Crippen LogP contribution is 2.23. The number of halogens is 2. The van der Waals surface area contributed by atoms with Gasteiger partial charge in [-0.15, -0.1) is 0 Å². The Bertz CT molecular complexity index is 511. The van der Waals surface area contributed by atoms with E-state index in [0.29, 0.717) is 0 Å². The van der Waals surface area contributed by atoms with Gasteiger partial charge in [0.2, 0.25) is 0 Å². The number of nitrogens with one attached hydrogen (secondary N) is 1. The number of rotatable bonds is 4. The van der Waals surface area contributed by atoms with Crippen LogP contribution in [0.3, 0.4) is 0 Å². The summed E-state index contributed by atoms with van der Waals surface area (Å²) in [7, 11) is 1.86. The molecular weight excluding hydrogens is 350 g/mol. The van der Waals surface area contributed by atoms with Crippen molar-refractivity contribution in [2.24, 2.45) is 7.05 Å². The van der Waals surface area contributed by atoms with Crippen LogP contribution in [0.1, 0.15) is 5.82 Å². The number of aryl methyl sites for hydroxylation is 1. The molecule has 2 heterocycles. The summed E-state index contributed by atoms with van der Waals surface area (Å²) in [5.74, 6) is 1.65. The summed E-state index contributed by atoms with van der Waals surface area (Å²) in [6, 6.07) is 1.95. The molecule has 0 aliphatic rings. The van der Waals surface area contributed by atoms with E-state index in [-0.39, 0.29) is 0 Å². The van der Waals surface area contributed by atoms with Gasteiger partial charge in [-0.1, -0.05) is 0 Å². The number of anilines is 1. The fourth-order valence-electron chi connectivity index (χ4n) is 1.34. The summed E-state index contributed by atoms with van der Waals surface area (Å²) in [6.45, 7) is 0.747. The molecule has 0 aliphatic heterocycles. The van der Waals surface area contributed by atoms with E-state index in [1.165, 1.54) is 0 Å². The first kappa shape index (κ1) is 12.5. The van der Waals surface area contributed by atoms with Crippen molar-refractivity contribution in [2.75, 3.05) is 11.9 Å². The third-order valence-corrected chi connectivity index (χ3v) is 3.13. The lowest BCUT2D eigenvalue weighted by atomic mass is 10.4. The molecule has 0 unspecified atom stereocenters. The van der Waals surface area contributed by atoms with Crippen molar-refractivity contribution in [3.8, 4) is 0 Å². The van der Waals surface area contributed by atoms with Gasteiger partial charge in [0, 0.05) is 30.7 Å². The minimum absolute atomic E-state index is 0.747. The Labute approximate surface area is 116 Å². The molecule has 2 aromatic heterocycles. The third kappa shape index (κ3) is 3.50. The number of nitrogens with zero attached hydrogens (tertiary/aromatic N) is 4. The van der Waals surface area contributed by atoms with Crippen LogP contribution in [0.2, 0.25) is 0 Å². The molecule has 7 heteroatoms. The van der Waals surface area contributed by atoms with E-state index in [2.05, 4.69) is 52.2 Å². The van der Waals surface area contributed by atoms with Crippen molar-refractivity contribution in [3.63, 3.8) is 0 Å². The molecule has 0 aromatic carbocycles. The van der Waals surface area contributed by atoms with Crippen LogP contribution >= 0.6 is 31.9 Å². The van der Waals surface area contributed by atoms with E-state index < -0.39 is 0 Å². The second kappa shape index (κ2) is 5.59. The Morgan fingerprint density at radius 3 is 2.82 bits per heavy atom. The predicted octanol–water partition coefficient (Wildman–Crippen LogP) is 2.39. The van der Waals surface area contributed by atoms with E-state index in [4.69, 9.17) is 0 Å². The molecule has 17 heavy (non-hydrogen) atoms. The highest BCUT2D eigenvalue weighted by atomic mass is 79.9. The Hall–Kier alpha value is -0.950. The normalized spacial score (nSPS) is 10.5. The third-order valence-electron chi connectivity index (χ3n) is 2.10. The Kier molecular flexibility index (Phi) is 4.11. The second-order valence-electron chi connectivity index (χ2n) is 3.50. The van der Waals surface area contributed by atoms with Crippen molar-refractivity contribution in [1.29, 1.82) is 0 Å². The molecule has 0 aliphatic carbocycles. The first-order valence-electron chi connectivity index (χ1n) is 5.04. The zero-order valence-electron chi connectivity index (χ0n) is 9.19. The quantitative estimate of drug-likeness (QED) is 0.909. The van der Waals surface area contributed by atoms with Gasteiger partial charge < -0.3 is 5.32 Å². The van der Waals surface area contributed by atoms with Crippen LogP contribution in [0.5, 0.6) is 0 Å². The van der Waals surface area contributed by atoms with Crippen molar-refractivity contribution < 1.29 is 0 Å². The maximum absolute atomic E-state index is 4.26. The van der Waals surface area contributed by atoms with Crippen LogP contribution in [-0.2, 0) is 13.5 Å². The zero-order valence-corrected chi connectivity index (χ0v) is 12.4. The SMILES string of the molecule is Cn1cnc(CCNc2ncc(Br)cc2Br)n1. The average molecular weight is 361 g/mol. The number of aromatic nitrogens is 4. The molecule has 0 saturated carbocycles. The van der Waals surface area contributed by atoms with Gasteiger partial charge in [-0.05, 0) is 37.9 Å². The maximum Gasteiger partial charge on any atom is 0.152 e. The van der Waals surface area contributed by atoms with Crippen LogP contribution in [0.4, 0.5) is 5.82 Å². The summed E-state index contributed by atoms with van der Waals surface area (Å²) < 4.78 is 3.57. The Morgan fingerprint density at radius 2 is 2.18 bits per heavy atom. The van der Waals surface area contributed by atoms with Gasteiger partial charge in [0.1, 0.15) is 12.1 Å². The number of hydrogen-bond donors (Lipinski definition) is 1. The first-order chi connectivity index (χ1) is 8.15. The standard InChI is InChI=1S/C10H11Br2N5/c1-17-6-15-9(16-17)2-3-13-10-8(12)4-7(11)5-14-10/h4-6H,2-3H2,1H3,(H,13,14). The lowest BCUT2D eigenvalue weighted by molar-refractivity contribution is 0.741. The van der Waals surface area contributed by atoms with Crippen LogP contribution in [-0.4, -0.2) is 26.3 Å². The van der Waals surface area contributed by atoms with Gasteiger partial charge in [0.15, 0.2) is 5.82 Å². The molecule has 2 aromatic rings. The molecule has 0 fully saturated rings. The van der Waals surface area contributed by atoms with Crippen LogP contribution in [0.15, 0.2) is 27.5 Å². The Morgan fingerprint density at radius 1 is 1.35 bits per heavy atom. The second-order valence-corrected chi connectivity index (χ2v) is 5.27. The molecule has 0 radical (unpaired) electrons. The van der Waals surface area contributed by atoms with Crippen molar-refractivity contribution >= 4 is 37.7 Å². The van der Waals surface area contributed by atoms with Crippen LogP contribution in [0, 0.1) is 0 Å². The summed E-state index contributed by atoms with van der Waals surface area (Å²) in [5, 5.41) is 7.43. The van der Waals surface area contributed by atoms with E-state index in [1.54, 1.807) is 17.2 Å². The van der Waals surface area contributed by atoms with Crippen molar-refractivity contribution in [2.45, 2.75) is 6.42 Å². The topological polar surface area (TPSA) is 55.6 Å². The van der Waals surface area contributed by atoms with E-state index >= 15 is 0 Å². The summed E-state index contributed by atoms with van der Waals surface area (Å²) in [6.07, 6.45) is 4.22. The van der Waals surface area contributed by atoms with Crippen LogP contribution < -0.4 is 5.32 Å². The molecule has 5 nitrogen and oxygen atoms in total. The first-order valence-corrected chi connectivity index (χ1v) is 6.63. The van der Waals surface area contributed by atoms with Gasteiger partial charge >= 0.3 is 0 Å². The molecule has 1 N–H and O–H groups in total. The monoisotopic (exact) mass is 359 g/mol. The predicted molar refractivity (Wildman–Crippen MR) is 72.8 cm³/mol. The lowest BCUT2D eigenvalue weighted by Crippen LogP contribution is -2.08. The van der Waals surface area contributed by atoms with Crippen LogP contribution in [0.25, 0.3) is 0 Å². The molecular formula is C10H11Br2N5. The highest BCUT2D eigenvalue weighted by molar-refractivity contribution is 9.11. The van der Waals surface area contributed by atoms with E-state index in [1.807, 2.05) is 13.1 Å². The molecule has 0 spiro atoms. The number of pyridine rings is 1. The summed E-state index contributed by atoms with van der Waals surface area (Å²) in [5.41, 5.74) is 0. The lowest BCUT2D eigenvalue weighted by Gasteiger charge is -2.06. The molecule has 0 amide bonds. The van der Waals surface area contributed by atoms with Gasteiger partial charge in [0.25, 0.3) is 0 Å². The molecule has 90 valence electrons. The van der Waals surface area contributed by atoms with E-state index in [0.717, 1.165) is 33.6 Å². The smallest absolute Gasteiger partial charge is 0.152 e. The highest BCUT2D eigenvalue weighted by Gasteiger charge is 2.03. The zero-order chi connectivity index (χ0) is 12.3. The number of hydrogen-bond acceptors (Lipinski definition) is 4. The summed E-state index contributed by atoms with van der Waals surface area (Å²) in [4.78, 5) is 8.42. The molecule has 0 atom stereocenters. The van der Waals surface area contributed by atoms with Gasteiger partial charge in [-0.2, -0.15) is 5.10 Å². The fraction of sp³-hybridized carbons (Fsp3) is 0.300. The van der Waals surface area contributed by atoms with Crippen molar-refractivity contribution in [3.05, 3.63) is 33.4 Å². The van der Waals surface area contributed by atoms with Gasteiger partial charge in [-0.3, -0.25) is 4.68 Å². The maximum atomic E-state index is 4.26. The minimum Gasteiger partial charge on any atom is -0.369 e. The Balaban J connectivity index is 1.90. The molecule has 0 bridgehead atoms. The van der Waals surface area contributed by atoms with Gasteiger partial charge in [0.05, 0.1) is 4.47 Å². The largest absolute Gasteiger partial charge is 0.369 e. The molecule has 0 saturated heterocycles. The van der Waals surface area contributed by atoms with E-state index in [9.17, 15) is 0 Å². The van der Waals surface area contributed by atoms with Gasteiger partial charge in [-0.25, -0.2) is 9.97 Å². The summed E-state index contributed by atoms with van der Waals surface area (Å²) >= 11 is 6.81.